The predicted molar refractivity (Wildman–Crippen MR) is 88.8 cm³/mol. The average Bonchev–Trinajstić information content (AvgIpc) is 3.13. The highest BCUT2D eigenvalue weighted by molar-refractivity contribution is 5.92. The van der Waals surface area contributed by atoms with Gasteiger partial charge in [-0.15, -0.1) is 0 Å². The number of likely N-dealkylation sites (tertiary alicyclic amines) is 2. The molecule has 2 atom stereocenters. The average molecular weight is 325 g/mol. The molecule has 0 saturated carbocycles. The first kappa shape index (κ1) is 15.3. The third-order valence-corrected chi connectivity index (χ3v) is 5.03. The molecular weight excluding hydrogens is 305 g/mol. The van der Waals surface area contributed by atoms with E-state index in [1.807, 2.05) is 23.1 Å². The molecule has 24 heavy (non-hydrogen) atoms. The Bertz CT molecular complexity index is 722. The van der Waals surface area contributed by atoms with Crippen molar-refractivity contribution in [3.05, 3.63) is 65.7 Å². The van der Waals surface area contributed by atoms with E-state index in [2.05, 4.69) is 9.88 Å². The normalized spacial score (nSPS) is 23.5. The van der Waals surface area contributed by atoms with Crippen molar-refractivity contribution in [1.82, 2.24) is 14.8 Å². The van der Waals surface area contributed by atoms with Crippen LogP contribution in [-0.4, -0.2) is 46.9 Å². The lowest BCUT2D eigenvalue weighted by Crippen LogP contribution is -2.33. The number of carbonyl (C=O) groups is 1. The summed E-state index contributed by atoms with van der Waals surface area (Å²) in [4.78, 5) is 21.0. The molecule has 2 saturated heterocycles. The second-order valence-corrected chi connectivity index (χ2v) is 6.77. The fourth-order valence-electron chi connectivity index (χ4n) is 3.93. The highest BCUT2D eigenvalue weighted by atomic mass is 19.1. The molecule has 2 aliphatic heterocycles. The van der Waals surface area contributed by atoms with Crippen LogP contribution in [-0.2, 0) is 6.54 Å². The predicted octanol–water partition coefficient (Wildman–Crippen LogP) is 2.42. The molecule has 2 aliphatic rings. The zero-order chi connectivity index (χ0) is 16.5. The standard InChI is InChI=1S/C19H20FN3O/c20-17-5-3-4-14(8-17)9-22-10-15-12-23(13-16(15)11-22)19(24)18-6-1-2-7-21-18/h1-8,15-16H,9-13H2/t15-,16+. The number of halogens is 1. The van der Waals surface area contributed by atoms with Gasteiger partial charge in [0.1, 0.15) is 11.5 Å². The summed E-state index contributed by atoms with van der Waals surface area (Å²) in [6, 6.07) is 12.2. The van der Waals surface area contributed by atoms with E-state index in [1.54, 1.807) is 24.4 Å². The number of amides is 1. The summed E-state index contributed by atoms with van der Waals surface area (Å²) in [5.74, 6) is 0.859. The molecule has 1 aromatic heterocycles. The summed E-state index contributed by atoms with van der Waals surface area (Å²) < 4.78 is 13.3. The molecule has 0 N–H and O–H groups in total. The number of hydrogen-bond donors (Lipinski definition) is 0. The van der Waals surface area contributed by atoms with Crippen LogP contribution >= 0.6 is 0 Å². The Labute approximate surface area is 140 Å². The molecule has 3 heterocycles. The van der Waals surface area contributed by atoms with Crippen LogP contribution in [0.4, 0.5) is 4.39 Å². The van der Waals surface area contributed by atoms with Crippen molar-refractivity contribution in [2.75, 3.05) is 26.2 Å². The van der Waals surface area contributed by atoms with Crippen molar-refractivity contribution < 1.29 is 9.18 Å². The van der Waals surface area contributed by atoms with Gasteiger partial charge in [-0.05, 0) is 41.7 Å². The van der Waals surface area contributed by atoms with Gasteiger partial charge in [0.2, 0.25) is 0 Å². The summed E-state index contributed by atoms with van der Waals surface area (Å²) in [7, 11) is 0. The van der Waals surface area contributed by atoms with Gasteiger partial charge in [-0.2, -0.15) is 0 Å². The Morgan fingerprint density at radius 1 is 1.08 bits per heavy atom. The third-order valence-electron chi connectivity index (χ3n) is 5.03. The molecule has 0 spiro atoms. The first-order chi connectivity index (χ1) is 11.7. The molecule has 4 nitrogen and oxygen atoms in total. The van der Waals surface area contributed by atoms with E-state index in [0.717, 1.165) is 38.3 Å². The van der Waals surface area contributed by atoms with Crippen LogP contribution in [0.1, 0.15) is 16.1 Å². The number of nitrogens with zero attached hydrogens (tertiary/aromatic N) is 3. The van der Waals surface area contributed by atoms with Gasteiger partial charge in [-0.1, -0.05) is 18.2 Å². The monoisotopic (exact) mass is 325 g/mol. The van der Waals surface area contributed by atoms with Crippen LogP contribution in [0.2, 0.25) is 0 Å². The molecule has 1 aromatic carbocycles. The minimum atomic E-state index is -0.181. The lowest BCUT2D eigenvalue weighted by molar-refractivity contribution is 0.0767. The maximum atomic E-state index is 13.3. The van der Waals surface area contributed by atoms with E-state index in [9.17, 15) is 9.18 Å². The summed E-state index contributed by atoms with van der Waals surface area (Å²) in [6.45, 7) is 4.29. The number of hydrogen-bond acceptors (Lipinski definition) is 3. The summed E-state index contributed by atoms with van der Waals surface area (Å²) in [5.41, 5.74) is 1.53. The highest BCUT2D eigenvalue weighted by Gasteiger charge is 2.41. The van der Waals surface area contributed by atoms with E-state index in [4.69, 9.17) is 0 Å². The Morgan fingerprint density at radius 3 is 2.54 bits per heavy atom. The molecule has 2 fully saturated rings. The molecule has 2 aromatic rings. The Balaban J connectivity index is 1.36. The van der Waals surface area contributed by atoms with Gasteiger partial charge in [0.25, 0.3) is 5.91 Å². The topological polar surface area (TPSA) is 36.4 Å². The van der Waals surface area contributed by atoms with Crippen LogP contribution in [0.25, 0.3) is 0 Å². The number of aromatic nitrogens is 1. The molecule has 0 aliphatic carbocycles. The number of carbonyl (C=O) groups excluding carboxylic acids is 1. The number of rotatable bonds is 3. The second-order valence-electron chi connectivity index (χ2n) is 6.77. The summed E-state index contributed by atoms with van der Waals surface area (Å²) in [6.07, 6.45) is 1.66. The van der Waals surface area contributed by atoms with Gasteiger partial charge < -0.3 is 4.90 Å². The number of fused-ring (bicyclic) bond motifs is 1. The molecule has 4 rings (SSSR count). The van der Waals surface area contributed by atoms with Crippen molar-refractivity contribution in [1.29, 1.82) is 0 Å². The SMILES string of the molecule is O=C(c1ccccn1)N1C[C@H]2CN(Cc3cccc(F)c3)C[C@H]2C1. The van der Waals surface area contributed by atoms with Crippen molar-refractivity contribution >= 4 is 5.91 Å². The molecule has 5 heteroatoms. The van der Waals surface area contributed by atoms with E-state index in [1.165, 1.54) is 6.07 Å². The van der Waals surface area contributed by atoms with E-state index >= 15 is 0 Å². The molecule has 0 unspecified atom stereocenters. The van der Waals surface area contributed by atoms with Crippen molar-refractivity contribution in [3.63, 3.8) is 0 Å². The Hall–Kier alpha value is -2.27. The first-order valence-corrected chi connectivity index (χ1v) is 8.36. The Morgan fingerprint density at radius 2 is 1.88 bits per heavy atom. The minimum absolute atomic E-state index is 0.0293. The molecule has 1 amide bonds. The second kappa shape index (κ2) is 6.32. The van der Waals surface area contributed by atoms with Crippen molar-refractivity contribution in [2.45, 2.75) is 6.54 Å². The van der Waals surface area contributed by atoms with Gasteiger partial charge in [-0.25, -0.2) is 4.39 Å². The van der Waals surface area contributed by atoms with E-state index in [-0.39, 0.29) is 11.7 Å². The fourth-order valence-corrected chi connectivity index (χ4v) is 3.93. The molecule has 0 radical (unpaired) electrons. The van der Waals surface area contributed by atoms with Crippen molar-refractivity contribution in [3.8, 4) is 0 Å². The minimum Gasteiger partial charge on any atom is -0.337 e. The zero-order valence-corrected chi connectivity index (χ0v) is 13.4. The quantitative estimate of drug-likeness (QED) is 0.870. The zero-order valence-electron chi connectivity index (χ0n) is 13.4. The lowest BCUT2D eigenvalue weighted by Gasteiger charge is -2.21. The molecule has 124 valence electrons. The van der Waals surface area contributed by atoms with Gasteiger partial charge in [0, 0.05) is 38.9 Å². The van der Waals surface area contributed by atoms with Crippen LogP contribution in [0.3, 0.4) is 0 Å². The van der Waals surface area contributed by atoms with Crippen LogP contribution in [0.5, 0.6) is 0 Å². The maximum Gasteiger partial charge on any atom is 0.272 e. The molecule has 0 bridgehead atoms. The van der Waals surface area contributed by atoms with E-state index in [0.29, 0.717) is 17.5 Å². The maximum absolute atomic E-state index is 13.3. The summed E-state index contributed by atoms with van der Waals surface area (Å²) in [5, 5.41) is 0. The number of benzene rings is 1. The smallest absolute Gasteiger partial charge is 0.272 e. The van der Waals surface area contributed by atoms with Crippen LogP contribution < -0.4 is 0 Å². The molecular formula is C19H20FN3O. The number of pyridine rings is 1. The van der Waals surface area contributed by atoms with Crippen molar-refractivity contribution in [2.24, 2.45) is 11.8 Å². The third kappa shape index (κ3) is 3.04. The largest absolute Gasteiger partial charge is 0.337 e. The van der Waals surface area contributed by atoms with E-state index < -0.39 is 0 Å². The van der Waals surface area contributed by atoms with Gasteiger partial charge in [0.15, 0.2) is 0 Å². The first-order valence-electron chi connectivity index (χ1n) is 8.36. The van der Waals surface area contributed by atoms with Crippen LogP contribution in [0, 0.1) is 17.7 Å². The fraction of sp³-hybridized carbons (Fsp3) is 0.368. The summed E-state index contributed by atoms with van der Waals surface area (Å²) >= 11 is 0. The van der Waals surface area contributed by atoms with Gasteiger partial charge in [0.05, 0.1) is 0 Å². The van der Waals surface area contributed by atoms with Gasteiger partial charge >= 0.3 is 0 Å². The lowest BCUT2D eigenvalue weighted by atomic mass is 10.0. The highest BCUT2D eigenvalue weighted by Crippen LogP contribution is 2.32. The van der Waals surface area contributed by atoms with Gasteiger partial charge in [-0.3, -0.25) is 14.7 Å². The Kier molecular flexibility index (Phi) is 4.02. The van der Waals surface area contributed by atoms with Crippen LogP contribution in [0.15, 0.2) is 48.7 Å².